The number of rotatable bonds is 5. The molecule has 0 saturated heterocycles. The molecule has 0 saturated carbocycles. The highest BCUT2D eigenvalue weighted by atomic mass is 35.5. The number of nitrogens with one attached hydrogen (secondary N) is 2. The standard InChI is InChI=1S/C19H16ClFN4O/c1-12-10-17(18(26)22-11-13-6-8-14(20)9-7-13)25-19(23-12)24-16-5-3-2-4-15(16)21/h2-10H,11H2,1H3,(H,22,26)(H,23,24,25). The average molecular weight is 371 g/mol. The van der Waals surface area contributed by atoms with E-state index in [1.54, 1.807) is 43.3 Å². The van der Waals surface area contributed by atoms with Crippen LogP contribution >= 0.6 is 11.6 Å². The molecule has 0 atom stereocenters. The molecule has 0 spiro atoms. The van der Waals surface area contributed by atoms with Gasteiger partial charge in [0.25, 0.3) is 5.91 Å². The topological polar surface area (TPSA) is 66.9 Å². The highest BCUT2D eigenvalue weighted by molar-refractivity contribution is 6.30. The minimum absolute atomic E-state index is 0.159. The van der Waals surface area contributed by atoms with Gasteiger partial charge in [0.15, 0.2) is 0 Å². The molecule has 1 aromatic heterocycles. The molecule has 0 aliphatic heterocycles. The van der Waals surface area contributed by atoms with E-state index in [1.165, 1.54) is 6.07 Å². The number of para-hydroxylation sites is 1. The Morgan fingerprint density at radius 1 is 1.12 bits per heavy atom. The van der Waals surface area contributed by atoms with Crippen molar-refractivity contribution in [3.63, 3.8) is 0 Å². The molecule has 0 fully saturated rings. The summed E-state index contributed by atoms with van der Waals surface area (Å²) in [6, 6.07) is 14.9. The van der Waals surface area contributed by atoms with Gasteiger partial charge in [0.05, 0.1) is 5.69 Å². The molecule has 3 rings (SSSR count). The van der Waals surface area contributed by atoms with Gasteiger partial charge in [-0.05, 0) is 42.8 Å². The molecule has 5 nitrogen and oxygen atoms in total. The van der Waals surface area contributed by atoms with Crippen LogP contribution in [0.15, 0.2) is 54.6 Å². The number of amides is 1. The fourth-order valence-electron chi connectivity index (χ4n) is 2.30. The van der Waals surface area contributed by atoms with Crippen molar-refractivity contribution in [1.29, 1.82) is 0 Å². The quantitative estimate of drug-likeness (QED) is 0.704. The second-order valence-electron chi connectivity index (χ2n) is 5.63. The van der Waals surface area contributed by atoms with Gasteiger partial charge < -0.3 is 10.6 Å². The van der Waals surface area contributed by atoms with Crippen molar-refractivity contribution in [3.8, 4) is 0 Å². The minimum atomic E-state index is -0.425. The second kappa shape index (κ2) is 7.93. The first-order valence-corrected chi connectivity index (χ1v) is 8.29. The summed E-state index contributed by atoms with van der Waals surface area (Å²) in [6.45, 7) is 2.08. The van der Waals surface area contributed by atoms with Crippen molar-refractivity contribution in [1.82, 2.24) is 15.3 Å². The van der Waals surface area contributed by atoms with Crippen molar-refractivity contribution in [3.05, 3.63) is 82.4 Å². The number of halogens is 2. The highest BCUT2D eigenvalue weighted by Crippen LogP contribution is 2.17. The molecular weight excluding hydrogens is 355 g/mol. The van der Waals surface area contributed by atoms with Crippen LogP contribution < -0.4 is 10.6 Å². The summed E-state index contributed by atoms with van der Waals surface area (Å²) in [6.07, 6.45) is 0. The molecule has 0 unspecified atom stereocenters. The van der Waals surface area contributed by atoms with Gasteiger partial charge in [0.2, 0.25) is 5.95 Å². The lowest BCUT2D eigenvalue weighted by Gasteiger charge is -2.09. The Labute approximate surface area is 155 Å². The molecule has 2 aromatic carbocycles. The monoisotopic (exact) mass is 370 g/mol. The molecule has 0 bridgehead atoms. The lowest BCUT2D eigenvalue weighted by Crippen LogP contribution is -2.24. The van der Waals surface area contributed by atoms with E-state index in [9.17, 15) is 9.18 Å². The third-order valence-electron chi connectivity index (χ3n) is 3.57. The van der Waals surface area contributed by atoms with Crippen LogP contribution in [0.5, 0.6) is 0 Å². The van der Waals surface area contributed by atoms with E-state index >= 15 is 0 Å². The predicted octanol–water partition coefficient (Wildman–Crippen LogP) is 4.25. The van der Waals surface area contributed by atoms with Crippen molar-refractivity contribution in [2.45, 2.75) is 13.5 Å². The molecule has 3 aromatic rings. The Balaban J connectivity index is 1.73. The Morgan fingerprint density at radius 3 is 2.58 bits per heavy atom. The maximum atomic E-state index is 13.8. The van der Waals surface area contributed by atoms with E-state index < -0.39 is 5.82 Å². The fraction of sp³-hybridized carbons (Fsp3) is 0.105. The smallest absolute Gasteiger partial charge is 0.270 e. The summed E-state index contributed by atoms with van der Waals surface area (Å²) < 4.78 is 13.8. The van der Waals surface area contributed by atoms with Crippen LogP contribution in [0.2, 0.25) is 5.02 Å². The molecule has 132 valence electrons. The molecule has 0 radical (unpaired) electrons. The minimum Gasteiger partial charge on any atom is -0.347 e. The van der Waals surface area contributed by atoms with Gasteiger partial charge in [0, 0.05) is 17.3 Å². The highest BCUT2D eigenvalue weighted by Gasteiger charge is 2.11. The van der Waals surface area contributed by atoms with Crippen LogP contribution in [-0.4, -0.2) is 15.9 Å². The average Bonchev–Trinajstić information content (AvgIpc) is 2.62. The molecule has 1 amide bonds. The van der Waals surface area contributed by atoms with Crippen LogP contribution in [0, 0.1) is 12.7 Å². The molecular formula is C19H16ClFN4O. The summed E-state index contributed by atoms with van der Waals surface area (Å²) in [4.78, 5) is 20.8. The summed E-state index contributed by atoms with van der Waals surface area (Å²) in [5.41, 5.74) is 1.95. The van der Waals surface area contributed by atoms with Gasteiger partial charge >= 0.3 is 0 Å². The van der Waals surface area contributed by atoms with Crippen molar-refractivity contribution < 1.29 is 9.18 Å². The van der Waals surface area contributed by atoms with Gasteiger partial charge in [0.1, 0.15) is 11.5 Å². The van der Waals surface area contributed by atoms with E-state index in [4.69, 9.17) is 11.6 Å². The Bertz CT molecular complexity index is 931. The molecule has 2 N–H and O–H groups in total. The van der Waals surface area contributed by atoms with E-state index in [0.29, 0.717) is 17.3 Å². The number of hydrogen-bond donors (Lipinski definition) is 2. The first kappa shape index (κ1) is 17.8. The fourth-order valence-corrected chi connectivity index (χ4v) is 2.42. The Morgan fingerprint density at radius 2 is 1.85 bits per heavy atom. The maximum absolute atomic E-state index is 13.8. The first-order chi connectivity index (χ1) is 12.5. The van der Waals surface area contributed by atoms with Crippen LogP contribution in [0.25, 0.3) is 0 Å². The van der Waals surface area contributed by atoms with E-state index in [1.807, 2.05) is 12.1 Å². The lowest BCUT2D eigenvalue weighted by molar-refractivity contribution is 0.0945. The third kappa shape index (κ3) is 4.55. The van der Waals surface area contributed by atoms with Gasteiger partial charge in [-0.2, -0.15) is 0 Å². The number of aryl methyl sites for hydroxylation is 1. The van der Waals surface area contributed by atoms with Crippen molar-refractivity contribution >= 4 is 29.1 Å². The summed E-state index contributed by atoms with van der Waals surface area (Å²) in [7, 11) is 0. The van der Waals surface area contributed by atoms with Crippen LogP contribution in [0.1, 0.15) is 21.7 Å². The van der Waals surface area contributed by atoms with Gasteiger partial charge in [-0.1, -0.05) is 35.9 Å². The van der Waals surface area contributed by atoms with Crippen molar-refractivity contribution in [2.75, 3.05) is 5.32 Å². The maximum Gasteiger partial charge on any atom is 0.270 e. The van der Waals surface area contributed by atoms with Crippen LogP contribution in [0.4, 0.5) is 16.0 Å². The van der Waals surface area contributed by atoms with E-state index in [-0.39, 0.29) is 23.2 Å². The molecule has 0 aliphatic rings. The number of aromatic nitrogens is 2. The van der Waals surface area contributed by atoms with Gasteiger partial charge in [-0.25, -0.2) is 14.4 Å². The molecule has 7 heteroatoms. The second-order valence-corrected chi connectivity index (χ2v) is 6.07. The van der Waals surface area contributed by atoms with E-state index in [0.717, 1.165) is 5.56 Å². The lowest BCUT2D eigenvalue weighted by atomic mass is 10.2. The number of nitrogens with zero attached hydrogens (tertiary/aromatic N) is 2. The van der Waals surface area contributed by atoms with E-state index in [2.05, 4.69) is 20.6 Å². The van der Waals surface area contributed by atoms with Crippen molar-refractivity contribution in [2.24, 2.45) is 0 Å². The number of benzene rings is 2. The number of anilines is 2. The first-order valence-electron chi connectivity index (χ1n) is 7.91. The zero-order valence-electron chi connectivity index (χ0n) is 14.0. The Hall–Kier alpha value is -2.99. The summed E-state index contributed by atoms with van der Waals surface area (Å²) >= 11 is 5.84. The van der Waals surface area contributed by atoms with Gasteiger partial charge in [-0.15, -0.1) is 0 Å². The van der Waals surface area contributed by atoms with Gasteiger partial charge in [-0.3, -0.25) is 4.79 Å². The zero-order valence-corrected chi connectivity index (χ0v) is 14.7. The molecule has 1 heterocycles. The number of carbonyl (C=O) groups is 1. The number of carbonyl (C=O) groups excluding carboxylic acids is 1. The molecule has 26 heavy (non-hydrogen) atoms. The summed E-state index contributed by atoms with van der Waals surface area (Å²) in [5, 5.41) is 6.22. The largest absolute Gasteiger partial charge is 0.347 e. The SMILES string of the molecule is Cc1cc(C(=O)NCc2ccc(Cl)cc2)nc(Nc2ccccc2F)n1. The van der Waals surface area contributed by atoms with Crippen LogP contribution in [-0.2, 0) is 6.54 Å². The summed E-state index contributed by atoms with van der Waals surface area (Å²) in [5.74, 6) is -0.611. The molecule has 0 aliphatic carbocycles. The third-order valence-corrected chi connectivity index (χ3v) is 3.83. The normalized spacial score (nSPS) is 10.4. The Kier molecular flexibility index (Phi) is 5.43. The zero-order chi connectivity index (χ0) is 18.5. The van der Waals surface area contributed by atoms with Crippen LogP contribution in [0.3, 0.4) is 0 Å². The number of hydrogen-bond acceptors (Lipinski definition) is 4. The predicted molar refractivity (Wildman–Crippen MR) is 99.1 cm³/mol.